The van der Waals surface area contributed by atoms with Crippen molar-refractivity contribution < 1.29 is 13.9 Å². The molecule has 2 heterocycles. The largest absolute Gasteiger partial charge is 0.469 e. The lowest BCUT2D eigenvalue weighted by molar-refractivity contribution is -0.146. The lowest BCUT2D eigenvalue weighted by Crippen LogP contribution is -2.51. The third-order valence-corrected chi connectivity index (χ3v) is 2.66. The molecule has 1 fully saturated rings. The fourth-order valence-corrected chi connectivity index (χ4v) is 1.63. The van der Waals surface area contributed by atoms with E-state index in [1.807, 2.05) is 0 Å². The van der Waals surface area contributed by atoms with Gasteiger partial charge in [-0.25, -0.2) is 14.4 Å². The van der Waals surface area contributed by atoms with Crippen LogP contribution in [0.4, 0.5) is 10.2 Å². The minimum Gasteiger partial charge on any atom is -0.469 e. The number of aryl methyl sites for hydroxylation is 1. The summed E-state index contributed by atoms with van der Waals surface area (Å²) in [4.78, 5) is 20.5. The Morgan fingerprint density at radius 1 is 1.56 bits per heavy atom. The molecule has 1 aromatic rings. The fourth-order valence-electron chi connectivity index (χ4n) is 1.63. The average Bonchev–Trinajstić information content (AvgIpc) is 2.21. The highest BCUT2D eigenvalue weighted by molar-refractivity contribution is 5.76. The van der Waals surface area contributed by atoms with Crippen LogP contribution in [0.1, 0.15) is 5.69 Å². The number of halogens is 1. The highest BCUT2D eigenvalue weighted by Crippen LogP contribution is 2.26. The van der Waals surface area contributed by atoms with Crippen molar-refractivity contribution in [1.82, 2.24) is 9.97 Å². The van der Waals surface area contributed by atoms with Crippen molar-refractivity contribution in [2.75, 3.05) is 25.1 Å². The molecule has 0 atom stereocenters. The van der Waals surface area contributed by atoms with Crippen LogP contribution in [-0.4, -0.2) is 36.1 Å². The number of aromatic nitrogens is 2. The van der Waals surface area contributed by atoms with Gasteiger partial charge in [0.25, 0.3) is 0 Å². The van der Waals surface area contributed by atoms with E-state index < -0.39 is 5.82 Å². The summed E-state index contributed by atoms with van der Waals surface area (Å²) in [6.07, 6.45) is 1.32. The zero-order valence-corrected chi connectivity index (χ0v) is 9.11. The van der Waals surface area contributed by atoms with Gasteiger partial charge in [-0.2, -0.15) is 0 Å². The van der Waals surface area contributed by atoms with E-state index in [0.29, 0.717) is 18.8 Å². The van der Waals surface area contributed by atoms with Crippen molar-refractivity contribution in [3.8, 4) is 0 Å². The first-order valence-electron chi connectivity index (χ1n) is 4.93. The smallest absolute Gasteiger partial charge is 0.312 e. The molecule has 1 saturated heterocycles. The van der Waals surface area contributed by atoms with Crippen molar-refractivity contribution in [3.05, 3.63) is 17.8 Å². The molecule has 16 heavy (non-hydrogen) atoms. The lowest BCUT2D eigenvalue weighted by Gasteiger charge is -2.38. The summed E-state index contributed by atoms with van der Waals surface area (Å²) >= 11 is 0. The fraction of sp³-hybridized carbons (Fsp3) is 0.500. The molecule has 0 radical (unpaired) electrons. The molecule has 0 N–H and O–H groups in total. The lowest BCUT2D eigenvalue weighted by atomic mass is 10.0. The molecule has 1 aliphatic rings. The Morgan fingerprint density at radius 2 is 2.25 bits per heavy atom. The molecule has 0 bridgehead atoms. The Bertz CT molecular complexity index is 419. The Hall–Kier alpha value is -1.72. The number of esters is 1. The highest BCUT2D eigenvalue weighted by atomic mass is 19.1. The number of anilines is 1. The number of methoxy groups -OCH3 is 1. The highest BCUT2D eigenvalue weighted by Gasteiger charge is 2.35. The summed E-state index contributed by atoms with van der Waals surface area (Å²) in [6.45, 7) is 2.47. The zero-order valence-electron chi connectivity index (χ0n) is 9.11. The van der Waals surface area contributed by atoms with Gasteiger partial charge >= 0.3 is 5.97 Å². The number of carbonyl (C=O) groups is 1. The molecule has 0 spiro atoms. The molecule has 0 aliphatic carbocycles. The monoisotopic (exact) mass is 225 g/mol. The molecule has 0 unspecified atom stereocenters. The standard InChI is InChI=1S/C10H12FN3O2/c1-6-8(11)9(13-5-12-6)14-3-7(4-14)10(15)16-2/h5,7H,3-4H2,1-2H3. The molecular weight excluding hydrogens is 213 g/mol. The van der Waals surface area contributed by atoms with Crippen LogP contribution in [-0.2, 0) is 9.53 Å². The van der Waals surface area contributed by atoms with E-state index >= 15 is 0 Å². The van der Waals surface area contributed by atoms with Gasteiger partial charge < -0.3 is 9.64 Å². The van der Waals surface area contributed by atoms with Gasteiger partial charge in [0.05, 0.1) is 18.7 Å². The summed E-state index contributed by atoms with van der Waals surface area (Å²) in [5, 5.41) is 0. The van der Waals surface area contributed by atoms with Crippen molar-refractivity contribution >= 4 is 11.8 Å². The predicted octanol–water partition coefficient (Wildman–Crippen LogP) is 0.533. The van der Waals surface area contributed by atoms with Gasteiger partial charge in [-0.1, -0.05) is 0 Å². The van der Waals surface area contributed by atoms with E-state index in [2.05, 4.69) is 14.7 Å². The topological polar surface area (TPSA) is 55.3 Å². The van der Waals surface area contributed by atoms with Crippen LogP contribution < -0.4 is 4.90 Å². The van der Waals surface area contributed by atoms with Gasteiger partial charge in [-0.05, 0) is 6.92 Å². The van der Waals surface area contributed by atoms with Crippen LogP contribution in [0.2, 0.25) is 0 Å². The predicted molar refractivity (Wildman–Crippen MR) is 54.4 cm³/mol. The molecule has 86 valence electrons. The van der Waals surface area contributed by atoms with E-state index in [9.17, 15) is 9.18 Å². The maximum absolute atomic E-state index is 13.6. The first kappa shape index (κ1) is 10.8. The van der Waals surface area contributed by atoms with Crippen LogP contribution in [0.25, 0.3) is 0 Å². The van der Waals surface area contributed by atoms with Gasteiger partial charge in [0.15, 0.2) is 11.6 Å². The number of hydrogen-bond donors (Lipinski definition) is 0. The maximum atomic E-state index is 13.6. The second-order valence-electron chi connectivity index (χ2n) is 3.72. The summed E-state index contributed by atoms with van der Waals surface area (Å²) in [5.74, 6) is -0.611. The quantitative estimate of drug-likeness (QED) is 0.687. The Morgan fingerprint density at radius 3 is 2.88 bits per heavy atom. The van der Waals surface area contributed by atoms with Gasteiger partial charge in [0.1, 0.15) is 6.33 Å². The summed E-state index contributed by atoms with van der Waals surface area (Å²) in [7, 11) is 1.35. The van der Waals surface area contributed by atoms with E-state index in [4.69, 9.17) is 0 Å². The van der Waals surface area contributed by atoms with Crippen molar-refractivity contribution in [3.63, 3.8) is 0 Å². The Kier molecular flexibility index (Phi) is 2.72. The van der Waals surface area contributed by atoms with E-state index in [1.54, 1.807) is 11.8 Å². The summed E-state index contributed by atoms with van der Waals surface area (Å²) < 4.78 is 18.2. The van der Waals surface area contributed by atoms with Crippen molar-refractivity contribution in [2.45, 2.75) is 6.92 Å². The molecule has 6 heteroatoms. The Balaban J connectivity index is 2.07. The third-order valence-electron chi connectivity index (χ3n) is 2.66. The van der Waals surface area contributed by atoms with E-state index in [1.165, 1.54) is 13.4 Å². The second kappa shape index (κ2) is 4.03. The van der Waals surface area contributed by atoms with Crippen molar-refractivity contribution in [1.29, 1.82) is 0 Å². The molecular formula is C10H12FN3O2. The van der Waals surface area contributed by atoms with Gasteiger partial charge in [-0.15, -0.1) is 0 Å². The van der Waals surface area contributed by atoms with Gasteiger partial charge in [0, 0.05) is 13.1 Å². The summed E-state index contributed by atoms with van der Waals surface area (Å²) in [6, 6.07) is 0. The second-order valence-corrected chi connectivity index (χ2v) is 3.72. The molecule has 0 aromatic carbocycles. The third kappa shape index (κ3) is 1.70. The normalized spacial score (nSPS) is 15.8. The van der Waals surface area contributed by atoms with E-state index in [0.717, 1.165) is 0 Å². The maximum Gasteiger partial charge on any atom is 0.312 e. The van der Waals surface area contributed by atoms with E-state index in [-0.39, 0.29) is 17.7 Å². The van der Waals surface area contributed by atoms with Gasteiger partial charge in [0.2, 0.25) is 0 Å². The molecule has 0 saturated carbocycles. The number of hydrogen-bond acceptors (Lipinski definition) is 5. The Labute approximate surface area is 92.3 Å². The zero-order chi connectivity index (χ0) is 11.7. The van der Waals surface area contributed by atoms with Crippen LogP contribution in [0, 0.1) is 18.7 Å². The van der Waals surface area contributed by atoms with Crippen LogP contribution >= 0.6 is 0 Å². The van der Waals surface area contributed by atoms with Gasteiger partial charge in [-0.3, -0.25) is 4.79 Å². The number of ether oxygens (including phenoxy) is 1. The minimum atomic E-state index is -0.425. The first-order valence-corrected chi connectivity index (χ1v) is 4.93. The first-order chi connectivity index (χ1) is 7.63. The SMILES string of the molecule is COC(=O)C1CN(c2ncnc(C)c2F)C1. The minimum absolute atomic E-state index is 0.181. The molecule has 0 amide bonds. The molecule has 1 aliphatic heterocycles. The van der Waals surface area contributed by atoms with Crippen molar-refractivity contribution in [2.24, 2.45) is 5.92 Å². The average molecular weight is 225 g/mol. The molecule has 5 nitrogen and oxygen atoms in total. The van der Waals surface area contributed by atoms with Crippen LogP contribution in [0.5, 0.6) is 0 Å². The molecule has 1 aromatic heterocycles. The van der Waals surface area contributed by atoms with Crippen LogP contribution in [0.3, 0.4) is 0 Å². The summed E-state index contributed by atoms with van der Waals surface area (Å²) in [5.41, 5.74) is 0.312. The van der Waals surface area contributed by atoms with Crippen LogP contribution in [0.15, 0.2) is 6.33 Å². The number of rotatable bonds is 2. The molecule has 2 rings (SSSR count). The number of nitrogens with zero attached hydrogens (tertiary/aromatic N) is 3. The number of carbonyl (C=O) groups excluding carboxylic acids is 1.